The highest BCUT2D eigenvalue weighted by molar-refractivity contribution is 5.96. The molecule has 126 valence electrons. The molecule has 0 bridgehead atoms. The Balaban J connectivity index is 1.85. The van der Waals surface area contributed by atoms with Crippen LogP contribution in [0.2, 0.25) is 0 Å². The lowest BCUT2D eigenvalue weighted by Crippen LogP contribution is -2.37. The topological polar surface area (TPSA) is 95.0 Å². The van der Waals surface area contributed by atoms with Crippen LogP contribution >= 0.6 is 0 Å². The number of rotatable bonds is 5. The van der Waals surface area contributed by atoms with Crippen molar-refractivity contribution in [1.29, 1.82) is 0 Å². The average Bonchev–Trinajstić information content (AvgIpc) is 3.13. The van der Waals surface area contributed by atoms with Crippen LogP contribution < -0.4 is 4.90 Å². The van der Waals surface area contributed by atoms with Gasteiger partial charge in [-0.1, -0.05) is 0 Å². The zero-order valence-corrected chi connectivity index (χ0v) is 12.8. The minimum absolute atomic E-state index is 0.0422. The van der Waals surface area contributed by atoms with Crippen LogP contribution in [0.1, 0.15) is 15.9 Å². The maximum Gasteiger partial charge on any atom is 0.340 e. The van der Waals surface area contributed by atoms with Gasteiger partial charge in [0.1, 0.15) is 6.61 Å². The van der Waals surface area contributed by atoms with E-state index in [0.29, 0.717) is 37.6 Å². The van der Waals surface area contributed by atoms with Crippen LogP contribution in [0.3, 0.4) is 0 Å². The molecule has 8 heteroatoms. The summed E-state index contributed by atoms with van der Waals surface area (Å²) in [5, 5.41) is 11.0. The molecule has 1 aliphatic rings. The summed E-state index contributed by atoms with van der Waals surface area (Å²) in [4.78, 5) is 24.9. The van der Waals surface area contributed by atoms with E-state index in [1.165, 1.54) is 24.7 Å². The van der Waals surface area contributed by atoms with Crippen LogP contribution in [0.5, 0.6) is 0 Å². The van der Waals surface area contributed by atoms with Gasteiger partial charge in [0.15, 0.2) is 0 Å². The second kappa shape index (κ2) is 7.14. The van der Waals surface area contributed by atoms with E-state index in [-0.39, 0.29) is 17.9 Å². The Hall–Kier alpha value is -2.87. The molecule has 1 aromatic carbocycles. The number of hydrogen-bond acceptors (Lipinski definition) is 7. The first-order chi connectivity index (χ1) is 11.6. The third-order valence-electron chi connectivity index (χ3n) is 3.71. The Morgan fingerprint density at radius 3 is 2.75 bits per heavy atom. The number of anilines is 1. The first-order valence-corrected chi connectivity index (χ1v) is 7.44. The average molecular weight is 332 g/mol. The number of nitro benzene ring substituents is 1. The molecule has 0 spiro atoms. The van der Waals surface area contributed by atoms with Crippen LogP contribution in [0, 0.1) is 10.1 Å². The van der Waals surface area contributed by atoms with E-state index in [4.69, 9.17) is 13.9 Å². The van der Waals surface area contributed by atoms with Crippen molar-refractivity contribution in [1.82, 2.24) is 0 Å². The molecule has 0 N–H and O–H groups in total. The first kappa shape index (κ1) is 16.0. The molecular weight excluding hydrogens is 316 g/mol. The van der Waals surface area contributed by atoms with Gasteiger partial charge in [-0.05, 0) is 12.1 Å². The molecule has 1 aromatic heterocycles. The van der Waals surface area contributed by atoms with Crippen LogP contribution in [0.25, 0.3) is 0 Å². The molecule has 1 fully saturated rings. The van der Waals surface area contributed by atoms with Gasteiger partial charge in [0, 0.05) is 30.8 Å². The monoisotopic (exact) mass is 332 g/mol. The van der Waals surface area contributed by atoms with Crippen LogP contribution in [0.15, 0.2) is 41.2 Å². The van der Waals surface area contributed by atoms with Gasteiger partial charge in [0.2, 0.25) is 0 Å². The van der Waals surface area contributed by atoms with E-state index < -0.39 is 10.9 Å². The number of esters is 1. The number of non-ortho nitro benzene ring substituents is 1. The van der Waals surface area contributed by atoms with Gasteiger partial charge >= 0.3 is 5.97 Å². The Kier molecular flexibility index (Phi) is 4.76. The standard InChI is InChI=1S/C16H16N2O6/c19-16(24-11-12-3-6-23-10-12)14-9-13(18(20)21)1-2-15(14)17-4-7-22-8-5-17/h1-3,6,9-10H,4-5,7-8,11H2. The van der Waals surface area contributed by atoms with Gasteiger partial charge in [-0.3, -0.25) is 10.1 Å². The minimum atomic E-state index is -0.610. The summed E-state index contributed by atoms with van der Waals surface area (Å²) < 4.78 is 15.5. The number of furan rings is 1. The van der Waals surface area contributed by atoms with E-state index in [2.05, 4.69) is 0 Å². The lowest BCUT2D eigenvalue weighted by atomic mass is 10.1. The Morgan fingerprint density at radius 1 is 1.29 bits per heavy atom. The quantitative estimate of drug-likeness (QED) is 0.471. The zero-order valence-electron chi connectivity index (χ0n) is 12.8. The summed E-state index contributed by atoms with van der Waals surface area (Å²) in [6.45, 7) is 2.35. The summed E-state index contributed by atoms with van der Waals surface area (Å²) >= 11 is 0. The van der Waals surface area contributed by atoms with Crippen molar-refractivity contribution in [2.45, 2.75) is 6.61 Å². The smallest absolute Gasteiger partial charge is 0.340 e. The molecule has 2 aromatic rings. The van der Waals surface area contributed by atoms with Crippen molar-refractivity contribution in [2.75, 3.05) is 31.2 Å². The van der Waals surface area contributed by atoms with Crippen molar-refractivity contribution in [3.05, 3.63) is 58.0 Å². The van der Waals surface area contributed by atoms with Crippen LogP contribution in [0.4, 0.5) is 11.4 Å². The Labute approximate surface area is 137 Å². The fourth-order valence-corrected chi connectivity index (χ4v) is 2.48. The fraction of sp³-hybridized carbons (Fsp3) is 0.312. The lowest BCUT2D eigenvalue weighted by molar-refractivity contribution is -0.384. The molecule has 0 atom stereocenters. The summed E-state index contributed by atoms with van der Waals surface area (Å²) in [5.74, 6) is -0.610. The SMILES string of the molecule is O=C(OCc1ccoc1)c1cc([N+](=O)[O-])ccc1N1CCOCC1. The number of carbonyl (C=O) groups is 1. The van der Waals surface area contributed by atoms with Gasteiger partial charge in [0.05, 0.1) is 41.9 Å². The molecule has 0 amide bonds. The summed E-state index contributed by atoms with van der Waals surface area (Å²) in [6, 6.07) is 5.90. The van der Waals surface area contributed by atoms with E-state index in [1.54, 1.807) is 12.1 Å². The van der Waals surface area contributed by atoms with Gasteiger partial charge in [-0.15, -0.1) is 0 Å². The number of ether oxygens (including phenoxy) is 2. The van der Waals surface area contributed by atoms with E-state index in [1.807, 2.05) is 4.90 Å². The molecule has 0 radical (unpaired) electrons. The number of morpholine rings is 1. The predicted octanol–water partition coefficient (Wildman–Crippen LogP) is 2.38. The Morgan fingerprint density at radius 2 is 2.08 bits per heavy atom. The summed E-state index contributed by atoms with van der Waals surface area (Å²) in [6.07, 6.45) is 2.96. The molecule has 8 nitrogen and oxygen atoms in total. The molecule has 3 rings (SSSR count). The van der Waals surface area contributed by atoms with Crippen molar-refractivity contribution < 1.29 is 23.6 Å². The first-order valence-electron chi connectivity index (χ1n) is 7.44. The van der Waals surface area contributed by atoms with E-state index >= 15 is 0 Å². The molecule has 24 heavy (non-hydrogen) atoms. The van der Waals surface area contributed by atoms with E-state index in [9.17, 15) is 14.9 Å². The lowest BCUT2D eigenvalue weighted by Gasteiger charge is -2.30. The van der Waals surface area contributed by atoms with Gasteiger partial charge < -0.3 is 18.8 Å². The maximum absolute atomic E-state index is 12.4. The van der Waals surface area contributed by atoms with Gasteiger partial charge in [-0.25, -0.2) is 4.79 Å². The number of hydrogen-bond donors (Lipinski definition) is 0. The third-order valence-corrected chi connectivity index (χ3v) is 3.71. The second-order valence-corrected chi connectivity index (χ2v) is 5.27. The van der Waals surface area contributed by atoms with Gasteiger partial charge in [0.25, 0.3) is 5.69 Å². The summed E-state index contributed by atoms with van der Waals surface area (Å²) in [7, 11) is 0. The maximum atomic E-state index is 12.4. The molecule has 0 aliphatic carbocycles. The highest BCUT2D eigenvalue weighted by Crippen LogP contribution is 2.27. The Bertz CT molecular complexity index is 722. The van der Waals surface area contributed by atoms with Crippen molar-refractivity contribution >= 4 is 17.3 Å². The third kappa shape index (κ3) is 3.54. The number of nitrogens with zero attached hydrogens (tertiary/aromatic N) is 2. The molecule has 0 saturated carbocycles. The number of benzene rings is 1. The van der Waals surface area contributed by atoms with Crippen molar-refractivity contribution in [3.63, 3.8) is 0 Å². The second-order valence-electron chi connectivity index (χ2n) is 5.27. The normalized spacial score (nSPS) is 14.4. The van der Waals surface area contributed by atoms with Crippen LogP contribution in [-0.2, 0) is 16.1 Å². The van der Waals surface area contributed by atoms with Crippen molar-refractivity contribution in [3.8, 4) is 0 Å². The molecular formula is C16H16N2O6. The number of nitro groups is 1. The van der Waals surface area contributed by atoms with E-state index in [0.717, 1.165) is 0 Å². The van der Waals surface area contributed by atoms with Crippen LogP contribution in [-0.4, -0.2) is 37.2 Å². The highest BCUT2D eigenvalue weighted by atomic mass is 16.6. The predicted molar refractivity (Wildman–Crippen MR) is 84.0 cm³/mol. The largest absolute Gasteiger partial charge is 0.472 e. The highest BCUT2D eigenvalue weighted by Gasteiger charge is 2.23. The fourth-order valence-electron chi connectivity index (χ4n) is 2.48. The number of carbonyl (C=O) groups excluding carboxylic acids is 1. The van der Waals surface area contributed by atoms with Gasteiger partial charge in [-0.2, -0.15) is 0 Å². The molecule has 0 unspecified atom stereocenters. The summed E-state index contributed by atoms with van der Waals surface area (Å²) in [5.41, 5.74) is 1.35. The molecule has 1 aliphatic heterocycles. The molecule has 2 heterocycles. The minimum Gasteiger partial charge on any atom is -0.472 e. The van der Waals surface area contributed by atoms with Crippen molar-refractivity contribution in [2.24, 2.45) is 0 Å². The molecule has 1 saturated heterocycles. The zero-order chi connectivity index (χ0) is 16.9.